The molecule has 28 heavy (non-hydrogen) atoms. The van der Waals surface area contributed by atoms with Gasteiger partial charge in [-0.15, -0.1) is 0 Å². The highest BCUT2D eigenvalue weighted by Crippen LogP contribution is 2.16. The van der Waals surface area contributed by atoms with Crippen molar-refractivity contribution in [1.82, 2.24) is 9.80 Å². The first-order valence-corrected chi connectivity index (χ1v) is 9.34. The van der Waals surface area contributed by atoms with Gasteiger partial charge in [-0.3, -0.25) is 14.4 Å². The molecule has 6 nitrogen and oxygen atoms in total. The maximum absolute atomic E-state index is 12.5. The van der Waals surface area contributed by atoms with Crippen LogP contribution in [0, 0.1) is 20.8 Å². The van der Waals surface area contributed by atoms with Gasteiger partial charge in [0.05, 0.1) is 0 Å². The number of anilines is 1. The quantitative estimate of drug-likeness (QED) is 0.811. The van der Waals surface area contributed by atoms with E-state index in [1.807, 2.05) is 63.2 Å². The SMILES string of the molecule is Cc1cccc(CN2CCN(CC(=O)Nc3ccc(C)cc3C)C(=O)C2=O)c1. The molecule has 0 bridgehead atoms. The van der Waals surface area contributed by atoms with Gasteiger partial charge >= 0.3 is 11.8 Å². The summed E-state index contributed by atoms with van der Waals surface area (Å²) in [5, 5.41) is 2.82. The minimum absolute atomic E-state index is 0.129. The van der Waals surface area contributed by atoms with Crippen LogP contribution in [-0.4, -0.2) is 47.2 Å². The highest BCUT2D eigenvalue weighted by Gasteiger charge is 2.33. The smallest absolute Gasteiger partial charge is 0.312 e. The maximum atomic E-state index is 12.5. The molecule has 0 unspecified atom stereocenters. The van der Waals surface area contributed by atoms with Crippen LogP contribution in [0.3, 0.4) is 0 Å². The predicted molar refractivity (Wildman–Crippen MR) is 108 cm³/mol. The van der Waals surface area contributed by atoms with Crippen LogP contribution in [0.2, 0.25) is 0 Å². The molecule has 3 amide bonds. The van der Waals surface area contributed by atoms with Gasteiger partial charge < -0.3 is 15.1 Å². The van der Waals surface area contributed by atoms with Crippen LogP contribution in [0.25, 0.3) is 0 Å². The van der Waals surface area contributed by atoms with Gasteiger partial charge in [0.1, 0.15) is 6.54 Å². The van der Waals surface area contributed by atoms with Crippen LogP contribution in [0.15, 0.2) is 42.5 Å². The molecule has 0 aromatic heterocycles. The molecule has 0 aliphatic carbocycles. The number of nitrogens with zero attached hydrogens (tertiary/aromatic N) is 2. The zero-order valence-corrected chi connectivity index (χ0v) is 16.5. The van der Waals surface area contributed by atoms with Gasteiger partial charge in [-0.25, -0.2) is 0 Å². The molecule has 6 heteroatoms. The first-order valence-electron chi connectivity index (χ1n) is 9.34. The highest BCUT2D eigenvalue weighted by atomic mass is 16.2. The minimum Gasteiger partial charge on any atom is -0.328 e. The zero-order valence-electron chi connectivity index (χ0n) is 16.5. The number of aryl methyl sites for hydroxylation is 3. The second-order valence-corrected chi connectivity index (χ2v) is 7.31. The normalized spacial score (nSPS) is 14.4. The largest absolute Gasteiger partial charge is 0.328 e. The number of nitrogens with one attached hydrogen (secondary N) is 1. The standard InChI is InChI=1S/C22H25N3O3/c1-15-5-4-6-18(12-15)13-24-9-10-25(22(28)21(24)27)14-20(26)23-19-8-7-16(2)11-17(19)3/h4-8,11-12H,9-10,13-14H2,1-3H3,(H,23,26). The molecule has 0 atom stereocenters. The second kappa shape index (κ2) is 8.25. The second-order valence-electron chi connectivity index (χ2n) is 7.31. The average molecular weight is 379 g/mol. The van der Waals surface area contributed by atoms with Gasteiger partial charge in [-0.2, -0.15) is 0 Å². The molecule has 1 aliphatic rings. The monoisotopic (exact) mass is 379 g/mol. The van der Waals surface area contributed by atoms with E-state index in [2.05, 4.69) is 5.32 Å². The molecule has 3 rings (SSSR count). The molecule has 0 spiro atoms. The van der Waals surface area contributed by atoms with Crippen molar-refractivity contribution in [1.29, 1.82) is 0 Å². The number of hydrogen-bond acceptors (Lipinski definition) is 3. The van der Waals surface area contributed by atoms with Gasteiger partial charge in [0, 0.05) is 25.3 Å². The lowest BCUT2D eigenvalue weighted by atomic mass is 10.1. The molecule has 1 fully saturated rings. The number of piperazine rings is 1. The van der Waals surface area contributed by atoms with Crippen molar-refractivity contribution in [3.8, 4) is 0 Å². The van der Waals surface area contributed by atoms with Crippen LogP contribution in [-0.2, 0) is 20.9 Å². The van der Waals surface area contributed by atoms with Crippen LogP contribution >= 0.6 is 0 Å². The van der Waals surface area contributed by atoms with E-state index in [9.17, 15) is 14.4 Å². The lowest BCUT2D eigenvalue weighted by molar-refractivity contribution is -0.157. The van der Waals surface area contributed by atoms with E-state index in [1.54, 1.807) is 0 Å². The molecule has 146 valence electrons. The van der Waals surface area contributed by atoms with Gasteiger partial charge in [0.2, 0.25) is 5.91 Å². The third kappa shape index (κ3) is 4.57. The number of carbonyl (C=O) groups is 3. The Bertz CT molecular complexity index is 923. The first-order chi connectivity index (χ1) is 13.3. The van der Waals surface area contributed by atoms with Crippen LogP contribution < -0.4 is 5.32 Å². The predicted octanol–water partition coefficient (Wildman–Crippen LogP) is 2.42. The number of hydrogen-bond donors (Lipinski definition) is 1. The van der Waals surface area contributed by atoms with E-state index >= 15 is 0 Å². The molecule has 2 aromatic rings. The Morgan fingerprint density at radius 2 is 1.61 bits per heavy atom. The molecule has 1 N–H and O–H groups in total. The molecular formula is C22H25N3O3. The topological polar surface area (TPSA) is 69.7 Å². The number of carbonyl (C=O) groups excluding carboxylic acids is 3. The molecule has 0 saturated carbocycles. The van der Waals surface area contributed by atoms with Crippen molar-refractivity contribution in [2.45, 2.75) is 27.3 Å². The van der Waals surface area contributed by atoms with Crippen molar-refractivity contribution in [3.05, 3.63) is 64.7 Å². The van der Waals surface area contributed by atoms with E-state index in [0.717, 1.165) is 22.3 Å². The summed E-state index contributed by atoms with van der Waals surface area (Å²) < 4.78 is 0. The maximum Gasteiger partial charge on any atom is 0.312 e. The third-order valence-corrected chi connectivity index (χ3v) is 4.84. The van der Waals surface area contributed by atoms with E-state index < -0.39 is 11.8 Å². The van der Waals surface area contributed by atoms with Crippen molar-refractivity contribution in [2.75, 3.05) is 25.0 Å². The van der Waals surface area contributed by atoms with E-state index in [4.69, 9.17) is 0 Å². The highest BCUT2D eigenvalue weighted by molar-refractivity contribution is 6.35. The lowest BCUT2D eigenvalue weighted by Crippen LogP contribution is -2.55. The van der Waals surface area contributed by atoms with Crippen molar-refractivity contribution in [2.24, 2.45) is 0 Å². The van der Waals surface area contributed by atoms with Crippen molar-refractivity contribution >= 4 is 23.4 Å². The Kier molecular flexibility index (Phi) is 5.78. The fourth-order valence-electron chi connectivity index (χ4n) is 3.36. The lowest BCUT2D eigenvalue weighted by Gasteiger charge is -2.33. The number of rotatable bonds is 5. The summed E-state index contributed by atoms with van der Waals surface area (Å²) in [5.74, 6) is -1.50. The van der Waals surface area contributed by atoms with Gasteiger partial charge in [-0.05, 0) is 38.0 Å². The molecular weight excluding hydrogens is 354 g/mol. The van der Waals surface area contributed by atoms with Crippen LogP contribution in [0.4, 0.5) is 5.69 Å². The van der Waals surface area contributed by atoms with E-state index in [0.29, 0.717) is 25.3 Å². The Labute approximate surface area is 165 Å². The summed E-state index contributed by atoms with van der Waals surface area (Å²) in [4.78, 5) is 40.1. The molecule has 0 radical (unpaired) electrons. The number of benzene rings is 2. The van der Waals surface area contributed by atoms with Crippen LogP contribution in [0.1, 0.15) is 22.3 Å². The Balaban J connectivity index is 1.59. The zero-order chi connectivity index (χ0) is 20.3. The fourth-order valence-corrected chi connectivity index (χ4v) is 3.36. The van der Waals surface area contributed by atoms with E-state index in [1.165, 1.54) is 9.80 Å². The fraction of sp³-hybridized carbons (Fsp3) is 0.318. The van der Waals surface area contributed by atoms with E-state index in [-0.39, 0.29) is 12.5 Å². The Hall–Kier alpha value is -3.15. The van der Waals surface area contributed by atoms with Crippen molar-refractivity contribution in [3.63, 3.8) is 0 Å². The van der Waals surface area contributed by atoms with Gasteiger partial charge in [-0.1, -0.05) is 47.5 Å². The summed E-state index contributed by atoms with van der Waals surface area (Å²) >= 11 is 0. The Morgan fingerprint density at radius 1 is 0.929 bits per heavy atom. The summed E-state index contributed by atoms with van der Waals surface area (Å²) in [6.07, 6.45) is 0. The minimum atomic E-state index is -0.630. The Morgan fingerprint density at radius 3 is 2.32 bits per heavy atom. The summed E-state index contributed by atoms with van der Waals surface area (Å²) in [6, 6.07) is 13.6. The summed E-state index contributed by atoms with van der Waals surface area (Å²) in [7, 11) is 0. The van der Waals surface area contributed by atoms with Gasteiger partial charge in [0.15, 0.2) is 0 Å². The van der Waals surface area contributed by atoms with Crippen molar-refractivity contribution < 1.29 is 14.4 Å². The van der Waals surface area contributed by atoms with Crippen LogP contribution in [0.5, 0.6) is 0 Å². The molecule has 2 aromatic carbocycles. The molecule has 1 heterocycles. The average Bonchev–Trinajstić information content (AvgIpc) is 2.64. The first kappa shape index (κ1) is 19.6. The summed E-state index contributed by atoms with van der Waals surface area (Å²) in [5.41, 5.74) is 4.88. The van der Waals surface area contributed by atoms with Gasteiger partial charge in [0.25, 0.3) is 0 Å². The molecule has 1 saturated heterocycles. The molecule has 1 aliphatic heterocycles. The third-order valence-electron chi connectivity index (χ3n) is 4.84. The number of amides is 3. The summed E-state index contributed by atoms with van der Waals surface area (Å²) in [6.45, 7) is 6.92.